The minimum Gasteiger partial charge on any atom is -0.370 e. The molecule has 0 unspecified atom stereocenters. The molecule has 0 saturated heterocycles. The molecule has 21 heavy (non-hydrogen) atoms. The zero-order valence-corrected chi connectivity index (χ0v) is 12.8. The quantitative estimate of drug-likeness (QED) is 0.880. The lowest BCUT2D eigenvalue weighted by atomic mass is 10.1. The van der Waals surface area contributed by atoms with Crippen LogP contribution in [0.15, 0.2) is 42.7 Å². The third-order valence-electron chi connectivity index (χ3n) is 3.99. The fourth-order valence-electron chi connectivity index (χ4n) is 2.66. The van der Waals surface area contributed by atoms with Crippen molar-refractivity contribution in [1.82, 2.24) is 10.3 Å². The van der Waals surface area contributed by atoms with Crippen LogP contribution in [0.3, 0.4) is 0 Å². The Morgan fingerprint density at radius 1 is 1.24 bits per heavy atom. The third kappa shape index (κ3) is 3.82. The van der Waals surface area contributed by atoms with E-state index in [4.69, 9.17) is 0 Å². The highest BCUT2D eigenvalue weighted by Gasteiger charge is 2.20. The van der Waals surface area contributed by atoms with E-state index in [0.717, 1.165) is 19.1 Å². The zero-order chi connectivity index (χ0) is 14.7. The highest BCUT2D eigenvalue weighted by Crippen LogP contribution is 2.23. The summed E-state index contributed by atoms with van der Waals surface area (Å²) in [7, 11) is 2.14. The molecule has 1 heterocycles. The first-order valence-corrected chi connectivity index (χ1v) is 7.65. The van der Waals surface area contributed by atoms with Gasteiger partial charge in [0.2, 0.25) is 0 Å². The minimum atomic E-state index is 0.762. The second-order valence-electron chi connectivity index (χ2n) is 5.99. The third-order valence-corrected chi connectivity index (χ3v) is 3.99. The van der Waals surface area contributed by atoms with Gasteiger partial charge in [0.15, 0.2) is 0 Å². The van der Waals surface area contributed by atoms with Gasteiger partial charge in [-0.2, -0.15) is 0 Å². The zero-order valence-electron chi connectivity index (χ0n) is 12.8. The van der Waals surface area contributed by atoms with Gasteiger partial charge in [-0.15, -0.1) is 0 Å². The molecule has 0 aliphatic heterocycles. The van der Waals surface area contributed by atoms with E-state index >= 15 is 0 Å². The van der Waals surface area contributed by atoms with Crippen LogP contribution in [0.2, 0.25) is 0 Å². The molecule has 3 nitrogen and oxygen atoms in total. The van der Waals surface area contributed by atoms with Crippen LogP contribution in [0.1, 0.15) is 29.5 Å². The second kappa shape index (κ2) is 6.27. The molecular weight excluding hydrogens is 258 g/mol. The Bertz CT molecular complexity index is 591. The van der Waals surface area contributed by atoms with Crippen LogP contribution < -0.4 is 10.2 Å². The predicted octanol–water partition coefficient (Wildman–Crippen LogP) is 3.28. The molecule has 1 aliphatic rings. The van der Waals surface area contributed by atoms with Crippen molar-refractivity contribution in [2.75, 3.05) is 11.9 Å². The fraction of sp³-hybridized carbons (Fsp3) is 0.389. The Hall–Kier alpha value is -1.87. The standard InChI is InChI=1S/C18H23N3/c1-14-10-15(12-20-17-6-7-17)5-8-18(14)21(2)13-16-4-3-9-19-11-16/h3-5,8-11,17,20H,6-7,12-13H2,1-2H3. The van der Waals surface area contributed by atoms with Crippen molar-refractivity contribution in [3.05, 3.63) is 59.4 Å². The van der Waals surface area contributed by atoms with Gasteiger partial charge in [-0.25, -0.2) is 0 Å². The van der Waals surface area contributed by atoms with Crippen molar-refractivity contribution in [1.29, 1.82) is 0 Å². The van der Waals surface area contributed by atoms with Crippen LogP contribution in [0.5, 0.6) is 0 Å². The summed E-state index contributed by atoms with van der Waals surface area (Å²) in [6, 6.07) is 11.6. The van der Waals surface area contributed by atoms with Crippen LogP contribution in [0, 0.1) is 6.92 Å². The molecule has 110 valence electrons. The second-order valence-corrected chi connectivity index (χ2v) is 5.99. The van der Waals surface area contributed by atoms with E-state index in [9.17, 15) is 0 Å². The number of benzene rings is 1. The Labute approximate surface area is 127 Å². The average molecular weight is 281 g/mol. The van der Waals surface area contributed by atoms with Gasteiger partial charge in [0, 0.05) is 44.3 Å². The van der Waals surface area contributed by atoms with Gasteiger partial charge in [0.25, 0.3) is 0 Å². The maximum atomic E-state index is 4.18. The molecule has 0 amide bonds. The summed E-state index contributed by atoms with van der Waals surface area (Å²) in [5.74, 6) is 0. The van der Waals surface area contributed by atoms with Crippen molar-refractivity contribution in [2.45, 2.75) is 38.9 Å². The monoisotopic (exact) mass is 281 g/mol. The van der Waals surface area contributed by atoms with E-state index in [1.165, 1.54) is 35.2 Å². The van der Waals surface area contributed by atoms with Crippen LogP contribution in [0.25, 0.3) is 0 Å². The summed E-state index contributed by atoms with van der Waals surface area (Å²) in [5, 5.41) is 3.57. The van der Waals surface area contributed by atoms with Gasteiger partial charge in [-0.3, -0.25) is 4.98 Å². The molecule has 0 spiro atoms. The summed E-state index contributed by atoms with van der Waals surface area (Å²) in [4.78, 5) is 6.46. The molecule has 1 aromatic heterocycles. The molecule has 0 atom stereocenters. The van der Waals surface area contributed by atoms with Gasteiger partial charge < -0.3 is 10.2 Å². The Morgan fingerprint density at radius 3 is 2.76 bits per heavy atom. The largest absolute Gasteiger partial charge is 0.370 e. The first kappa shape index (κ1) is 14.1. The summed E-state index contributed by atoms with van der Waals surface area (Å²) < 4.78 is 0. The number of anilines is 1. The topological polar surface area (TPSA) is 28.2 Å². The van der Waals surface area contributed by atoms with Gasteiger partial charge in [-0.05, 0) is 48.6 Å². The first-order valence-electron chi connectivity index (χ1n) is 7.65. The Balaban J connectivity index is 1.66. The van der Waals surface area contributed by atoms with Crippen LogP contribution in [-0.4, -0.2) is 18.1 Å². The normalized spacial score (nSPS) is 14.2. The number of hydrogen-bond donors (Lipinski definition) is 1. The van der Waals surface area contributed by atoms with Crippen molar-refractivity contribution >= 4 is 5.69 Å². The van der Waals surface area contributed by atoms with Gasteiger partial charge >= 0.3 is 0 Å². The highest BCUT2D eigenvalue weighted by molar-refractivity contribution is 5.54. The SMILES string of the molecule is Cc1cc(CNC2CC2)ccc1N(C)Cc1cccnc1. The van der Waals surface area contributed by atoms with Crippen molar-refractivity contribution in [3.8, 4) is 0 Å². The Kier molecular flexibility index (Phi) is 4.20. The number of aromatic nitrogens is 1. The van der Waals surface area contributed by atoms with Gasteiger partial charge in [0.1, 0.15) is 0 Å². The maximum absolute atomic E-state index is 4.18. The summed E-state index contributed by atoms with van der Waals surface area (Å²) >= 11 is 0. The lowest BCUT2D eigenvalue weighted by Crippen LogP contribution is -2.18. The number of hydrogen-bond acceptors (Lipinski definition) is 3. The number of aryl methyl sites for hydroxylation is 1. The lowest BCUT2D eigenvalue weighted by Gasteiger charge is -2.22. The molecule has 0 radical (unpaired) electrons. The first-order chi connectivity index (χ1) is 10.2. The Morgan fingerprint density at radius 2 is 2.10 bits per heavy atom. The molecule has 1 N–H and O–H groups in total. The van der Waals surface area contributed by atoms with E-state index in [1.807, 2.05) is 18.5 Å². The molecule has 3 rings (SSSR count). The molecule has 1 fully saturated rings. The molecule has 0 bridgehead atoms. The fourth-order valence-corrected chi connectivity index (χ4v) is 2.66. The van der Waals surface area contributed by atoms with Crippen LogP contribution in [-0.2, 0) is 13.1 Å². The van der Waals surface area contributed by atoms with E-state index in [1.54, 1.807) is 0 Å². The van der Waals surface area contributed by atoms with Crippen molar-refractivity contribution < 1.29 is 0 Å². The van der Waals surface area contributed by atoms with Gasteiger partial charge in [-0.1, -0.05) is 18.2 Å². The van der Waals surface area contributed by atoms with E-state index < -0.39 is 0 Å². The van der Waals surface area contributed by atoms with Crippen molar-refractivity contribution in [2.24, 2.45) is 0 Å². The average Bonchev–Trinajstić information content (AvgIpc) is 3.30. The van der Waals surface area contributed by atoms with E-state index in [-0.39, 0.29) is 0 Å². The molecular formula is C18H23N3. The highest BCUT2D eigenvalue weighted by atomic mass is 15.1. The van der Waals surface area contributed by atoms with Gasteiger partial charge in [0.05, 0.1) is 0 Å². The molecule has 3 heteroatoms. The van der Waals surface area contributed by atoms with E-state index in [2.05, 4.69) is 53.4 Å². The summed E-state index contributed by atoms with van der Waals surface area (Å²) in [6.45, 7) is 4.06. The minimum absolute atomic E-state index is 0.762. The molecule has 1 aliphatic carbocycles. The number of pyridine rings is 1. The maximum Gasteiger partial charge on any atom is 0.0441 e. The smallest absolute Gasteiger partial charge is 0.0441 e. The molecule has 1 aromatic carbocycles. The summed E-state index contributed by atoms with van der Waals surface area (Å²) in [5.41, 5.74) is 5.22. The lowest BCUT2D eigenvalue weighted by molar-refractivity contribution is 0.687. The number of rotatable bonds is 6. The van der Waals surface area contributed by atoms with Crippen LogP contribution in [0.4, 0.5) is 5.69 Å². The van der Waals surface area contributed by atoms with E-state index in [0.29, 0.717) is 0 Å². The molecule has 2 aromatic rings. The number of nitrogens with zero attached hydrogens (tertiary/aromatic N) is 2. The van der Waals surface area contributed by atoms with Crippen LogP contribution >= 0.6 is 0 Å². The molecule has 1 saturated carbocycles. The predicted molar refractivity (Wildman–Crippen MR) is 87.4 cm³/mol. The summed E-state index contributed by atoms with van der Waals surface area (Å²) in [6.07, 6.45) is 6.42. The number of nitrogens with one attached hydrogen (secondary N) is 1. The van der Waals surface area contributed by atoms with Crippen molar-refractivity contribution in [3.63, 3.8) is 0 Å².